The topological polar surface area (TPSA) is 102 Å². The van der Waals surface area contributed by atoms with E-state index in [4.69, 9.17) is 14.2 Å². The summed E-state index contributed by atoms with van der Waals surface area (Å²) in [5.41, 5.74) is -37.7. The van der Waals surface area contributed by atoms with Gasteiger partial charge in [0.25, 0.3) is 0 Å². The van der Waals surface area contributed by atoms with Gasteiger partial charge in [0, 0.05) is 22.2 Å². The average molecular weight is 1190 g/mol. The molecule has 2 fully saturated rings. The van der Waals surface area contributed by atoms with Gasteiger partial charge in [-0.05, 0) is 88.0 Å². The van der Waals surface area contributed by atoms with Crippen LogP contribution in [-0.4, -0.2) is 173 Å². The van der Waals surface area contributed by atoms with Crippen molar-refractivity contribution in [2.24, 2.45) is 5.41 Å². The smallest absolute Gasteiger partial charge is 0.375 e. The predicted molar refractivity (Wildman–Crippen MR) is 199 cm³/mol. The van der Waals surface area contributed by atoms with Gasteiger partial charge >= 0.3 is 72.4 Å². The third-order valence-electron chi connectivity index (χ3n) is 12.6. The van der Waals surface area contributed by atoms with E-state index in [1.54, 1.807) is 0 Å². The summed E-state index contributed by atoms with van der Waals surface area (Å²) < 4.78 is 409. The van der Waals surface area contributed by atoms with Crippen LogP contribution in [-0.2, 0) is 28.4 Å². The molecule has 2 N–H and O–H groups in total. The Labute approximate surface area is 413 Å². The van der Waals surface area contributed by atoms with E-state index < -0.39 is 157 Å². The van der Waals surface area contributed by atoms with Gasteiger partial charge in [-0.2, -0.15) is 129 Å². The van der Waals surface area contributed by atoms with E-state index in [-0.39, 0.29) is 25.7 Å². The minimum Gasteiger partial charge on any atom is -0.375 e. The SMILES string of the molecule is CC(COC1CC(C)(C)N(O)C(C)(C)C1)(COC1CC(C)(C)N(O)C(C)(C)C1)OCC(COC(C(F)(F)F)(C(F)(F)F)C(F)(F)F)(COC(C(F)(F)F)(C(F)(F)F)C(F)(F)F)COC(C(F)(F)F)(C(F)(F)F)C(F)(F)F. The van der Waals surface area contributed by atoms with Crippen molar-refractivity contribution in [1.82, 2.24) is 10.1 Å². The van der Waals surface area contributed by atoms with E-state index in [0.29, 0.717) is 6.92 Å². The van der Waals surface area contributed by atoms with E-state index in [1.807, 2.05) is 0 Å². The van der Waals surface area contributed by atoms with E-state index in [1.165, 1.54) is 55.4 Å². The molecule has 10 nitrogen and oxygen atoms in total. The minimum atomic E-state index is -8.13. The van der Waals surface area contributed by atoms with Crippen molar-refractivity contribution in [3.05, 3.63) is 0 Å². The number of halogens is 27. The summed E-state index contributed by atoms with van der Waals surface area (Å²) in [6, 6.07) is 0. The summed E-state index contributed by atoms with van der Waals surface area (Å²) in [6.07, 6.45) is -77.0. The summed E-state index contributed by atoms with van der Waals surface area (Å²) in [5.74, 6) is 0. The van der Waals surface area contributed by atoms with Gasteiger partial charge in [-0.1, -0.05) is 0 Å². The zero-order valence-corrected chi connectivity index (χ0v) is 40.7. The van der Waals surface area contributed by atoms with Gasteiger partial charge in [-0.3, -0.25) is 0 Å². The summed E-state index contributed by atoms with van der Waals surface area (Å²) in [6.45, 7) is -6.62. The summed E-state index contributed by atoms with van der Waals surface area (Å²) in [7, 11) is 0. The molecule has 0 amide bonds. The summed E-state index contributed by atoms with van der Waals surface area (Å²) >= 11 is 0. The molecule has 454 valence electrons. The third kappa shape index (κ3) is 13.5. The van der Waals surface area contributed by atoms with Crippen molar-refractivity contribution >= 4 is 0 Å². The highest BCUT2D eigenvalue weighted by Crippen LogP contribution is 2.60. The van der Waals surface area contributed by atoms with Crippen LogP contribution in [0.2, 0.25) is 0 Å². The molecule has 0 atom stereocenters. The maximum Gasteiger partial charge on any atom is 0.435 e. The Balaban J connectivity index is 3.26. The van der Waals surface area contributed by atoms with Crippen LogP contribution < -0.4 is 0 Å². The zero-order chi connectivity index (χ0) is 60.6. The highest BCUT2D eigenvalue weighted by Gasteiger charge is 2.89. The molecule has 2 aliphatic rings. The first-order chi connectivity index (χ1) is 33.0. The first kappa shape index (κ1) is 69.8. The Hall–Kier alpha value is -2.29. The molecule has 2 rings (SSSR count). The lowest BCUT2D eigenvalue weighted by Gasteiger charge is -2.52. The number of hydrogen-bond donors (Lipinski definition) is 2. The van der Waals surface area contributed by atoms with Crippen LogP contribution in [0.3, 0.4) is 0 Å². The fourth-order valence-electron chi connectivity index (χ4n) is 8.85. The molecular weight excluding hydrogens is 1140 g/mol. The Kier molecular flexibility index (Phi) is 19.2. The van der Waals surface area contributed by atoms with Crippen molar-refractivity contribution in [1.29, 1.82) is 0 Å². The number of hydrogen-bond acceptors (Lipinski definition) is 10. The number of piperidine rings is 2. The van der Waals surface area contributed by atoms with E-state index in [9.17, 15) is 129 Å². The van der Waals surface area contributed by atoms with E-state index >= 15 is 0 Å². The van der Waals surface area contributed by atoms with Crippen LogP contribution in [0.5, 0.6) is 0 Å². The molecule has 37 heteroatoms. The van der Waals surface area contributed by atoms with Gasteiger partial charge in [0.2, 0.25) is 0 Å². The minimum absolute atomic E-state index is 0.308. The van der Waals surface area contributed by atoms with Crippen LogP contribution in [0.4, 0.5) is 119 Å². The molecule has 0 spiro atoms. The Morgan fingerprint density at radius 2 is 0.500 bits per heavy atom. The molecule has 2 saturated heterocycles. The van der Waals surface area contributed by atoms with E-state index in [0.717, 1.165) is 10.1 Å². The van der Waals surface area contributed by atoms with Crippen LogP contribution in [0.15, 0.2) is 0 Å². The predicted octanol–water partition coefficient (Wildman–Crippen LogP) is 12.9. The fourth-order valence-corrected chi connectivity index (χ4v) is 8.85. The van der Waals surface area contributed by atoms with E-state index in [2.05, 4.69) is 14.2 Å². The Morgan fingerprint density at radius 3 is 0.671 bits per heavy atom. The van der Waals surface area contributed by atoms with Crippen LogP contribution in [0.25, 0.3) is 0 Å². The number of rotatable bonds is 18. The number of ether oxygens (including phenoxy) is 6. The van der Waals surface area contributed by atoms with Gasteiger partial charge in [-0.15, -0.1) is 0 Å². The van der Waals surface area contributed by atoms with Crippen molar-refractivity contribution in [3.8, 4) is 0 Å². The summed E-state index contributed by atoms with van der Waals surface area (Å²) in [4.78, 5) is 0. The monoisotopic (exact) mass is 1190 g/mol. The number of hydroxylamine groups is 4. The Morgan fingerprint density at radius 1 is 0.329 bits per heavy atom. The molecule has 0 bridgehead atoms. The highest BCUT2D eigenvalue weighted by molar-refractivity contribution is 5.08. The van der Waals surface area contributed by atoms with Crippen molar-refractivity contribution < 1.29 is 157 Å². The highest BCUT2D eigenvalue weighted by atomic mass is 19.5. The first-order valence-corrected chi connectivity index (χ1v) is 21.3. The molecule has 0 aliphatic carbocycles. The third-order valence-corrected chi connectivity index (χ3v) is 12.6. The largest absolute Gasteiger partial charge is 0.435 e. The van der Waals surface area contributed by atoms with Crippen molar-refractivity contribution in [2.45, 2.75) is 200 Å². The molecular formula is C39H51F27N2O8. The molecule has 2 heterocycles. The van der Waals surface area contributed by atoms with Gasteiger partial charge < -0.3 is 38.8 Å². The standard InChI is InChI=1S/C39H51F27N2O8/c1-22(2)10-20(11-23(3,4)67(22)69)71-14-26(9,15-72-21-12-24(5,6)68(70)25(7,8)13-21)73-16-27(17-74-28(31(40,41)42,32(43,44)45)33(46,47)48,18-75-29(34(49,50)51,35(52,53)54)36(55,56)57)19-76-30(37(58,59)60,38(61,62)63)39(64,65)66/h20-21,69-70H,10-19H2,1-9H3. The lowest BCUT2D eigenvalue weighted by Crippen LogP contribution is -2.71. The quantitative estimate of drug-likeness (QED) is 0.129. The van der Waals surface area contributed by atoms with Gasteiger partial charge in [0.1, 0.15) is 5.60 Å². The lowest BCUT2D eigenvalue weighted by atomic mass is 9.80. The van der Waals surface area contributed by atoms with Gasteiger partial charge in [0.05, 0.1) is 57.3 Å². The van der Waals surface area contributed by atoms with Gasteiger partial charge in [0.15, 0.2) is 0 Å². The van der Waals surface area contributed by atoms with Gasteiger partial charge in [-0.25, -0.2) is 0 Å². The molecule has 0 aromatic heterocycles. The molecule has 0 unspecified atom stereocenters. The zero-order valence-electron chi connectivity index (χ0n) is 40.7. The average Bonchev–Trinajstić information content (AvgIpc) is 3.11. The van der Waals surface area contributed by atoms with Crippen molar-refractivity contribution in [3.63, 3.8) is 0 Å². The molecule has 2 aliphatic heterocycles. The lowest BCUT2D eigenvalue weighted by molar-refractivity contribution is -0.475. The molecule has 0 aromatic carbocycles. The maximum atomic E-state index is 14.2. The second kappa shape index (κ2) is 20.9. The van der Waals surface area contributed by atoms with Crippen molar-refractivity contribution in [2.75, 3.05) is 39.6 Å². The molecule has 0 saturated carbocycles. The second-order valence-corrected chi connectivity index (χ2v) is 21.2. The molecule has 0 radical (unpaired) electrons. The normalized spacial score (nSPS) is 21.4. The van der Waals surface area contributed by atoms with Crippen LogP contribution >= 0.6 is 0 Å². The maximum absolute atomic E-state index is 14.2. The van der Waals surface area contributed by atoms with Crippen LogP contribution in [0, 0.1) is 5.41 Å². The molecule has 76 heavy (non-hydrogen) atoms. The number of alkyl halides is 27. The Bertz CT molecular complexity index is 1610. The fraction of sp³-hybridized carbons (Fsp3) is 1.00. The first-order valence-electron chi connectivity index (χ1n) is 21.3. The molecule has 0 aromatic rings. The number of nitrogens with zero attached hydrogens (tertiary/aromatic N) is 2. The second-order valence-electron chi connectivity index (χ2n) is 21.2. The summed E-state index contributed by atoms with van der Waals surface area (Å²) in [5, 5.41) is 23.0. The van der Waals surface area contributed by atoms with Crippen LogP contribution in [0.1, 0.15) is 88.0 Å².